The third-order valence-corrected chi connectivity index (χ3v) is 5.38. The van der Waals surface area contributed by atoms with Crippen LogP contribution in [0.5, 0.6) is 0 Å². The van der Waals surface area contributed by atoms with Crippen LogP contribution in [0.15, 0.2) is 46.9 Å². The summed E-state index contributed by atoms with van der Waals surface area (Å²) in [5.41, 5.74) is 0.184. The van der Waals surface area contributed by atoms with E-state index in [1.807, 2.05) is 0 Å². The lowest BCUT2D eigenvalue weighted by molar-refractivity contribution is 0.102. The Kier molecular flexibility index (Phi) is 7.06. The maximum Gasteiger partial charge on any atom is 0.315 e. The van der Waals surface area contributed by atoms with Crippen molar-refractivity contribution >= 4 is 17.6 Å². The van der Waals surface area contributed by atoms with E-state index >= 15 is 0 Å². The second-order valence-corrected chi connectivity index (χ2v) is 7.72. The monoisotopic (exact) mass is 441 g/mol. The third-order valence-electron chi connectivity index (χ3n) is 5.38. The molecule has 0 spiro atoms. The molecular weight excluding hydrogens is 416 g/mol. The lowest BCUT2D eigenvalue weighted by atomic mass is 10.1. The zero-order chi connectivity index (χ0) is 22.3. The molecule has 0 unspecified atom stereocenters. The maximum absolute atomic E-state index is 14.6. The number of carbonyl (C=O) groups excluding carboxylic acids is 1. The van der Waals surface area contributed by atoms with Crippen LogP contribution in [-0.2, 0) is 0 Å². The van der Waals surface area contributed by atoms with Crippen LogP contribution in [0, 0.1) is 11.6 Å². The standard InChI is InChI=1S/C23H25F2N5O2/c24-19-8-2-1-7-17(19)21(31)27-16-9-10-18(20(25)15-16)22-28-29-23(32-22)26-11-3-4-12-30-13-5-6-14-30/h1-2,7-10,15H,3-6,11-14H2,(H,26,29)(H,27,31). The molecule has 9 heteroatoms. The molecule has 4 rings (SSSR count). The number of likely N-dealkylation sites (tertiary alicyclic amines) is 1. The second-order valence-electron chi connectivity index (χ2n) is 7.72. The van der Waals surface area contributed by atoms with Gasteiger partial charge in [-0.15, -0.1) is 5.10 Å². The molecule has 0 atom stereocenters. The topological polar surface area (TPSA) is 83.3 Å². The van der Waals surface area contributed by atoms with Crippen molar-refractivity contribution in [3.63, 3.8) is 0 Å². The summed E-state index contributed by atoms with van der Waals surface area (Å²) in [5, 5.41) is 13.4. The number of benzene rings is 2. The molecule has 3 aromatic rings. The van der Waals surface area contributed by atoms with Gasteiger partial charge in [-0.05, 0) is 75.6 Å². The highest BCUT2D eigenvalue weighted by Gasteiger charge is 2.16. The first kappa shape index (κ1) is 21.9. The van der Waals surface area contributed by atoms with Crippen LogP contribution in [0.4, 0.5) is 20.5 Å². The minimum absolute atomic E-state index is 0.0362. The predicted molar refractivity (Wildman–Crippen MR) is 117 cm³/mol. The van der Waals surface area contributed by atoms with Gasteiger partial charge in [0.15, 0.2) is 0 Å². The van der Waals surface area contributed by atoms with Crippen molar-refractivity contribution in [1.29, 1.82) is 0 Å². The number of nitrogens with one attached hydrogen (secondary N) is 2. The van der Waals surface area contributed by atoms with Crippen molar-refractivity contribution in [3.8, 4) is 11.5 Å². The summed E-state index contributed by atoms with van der Waals surface area (Å²) < 4.78 is 33.9. The van der Waals surface area contributed by atoms with Gasteiger partial charge in [0.25, 0.3) is 11.8 Å². The van der Waals surface area contributed by atoms with Gasteiger partial charge in [0.2, 0.25) is 0 Å². The number of anilines is 2. The molecule has 1 aromatic heterocycles. The summed E-state index contributed by atoms with van der Waals surface area (Å²) in [6, 6.07) is 9.87. The average molecular weight is 441 g/mol. The van der Waals surface area contributed by atoms with Crippen molar-refractivity contribution in [2.24, 2.45) is 0 Å². The van der Waals surface area contributed by atoms with Crippen LogP contribution in [0.1, 0.15) is 36.0 Å². The van der Waals surface area contributed by atoms with E-state index in [2.05, 4.69) is 25.7 Å². The summed E-state index contributed by atoms with van der Waals surface area (Å²) in [5.74, 6) is -1.92. The molecule has 1 fully saturated rings. The Labute approximate surface area is 184 Å². The molecule has 32 heavy (non-hydrogen) atoms. The number of carbonyl (C=O) groups is 1. The molecule has 168 valence electrons. The normalized spacial score (nSPS) is 13.9. The van der Waals surface area contributed by atoms with Crippen molar-refractivity contribution in [2.45, 2.75) is 25.7 Å². The van der Waals surface area contributed by atoms with Crippen LogP contribution in [0.25, 0.3) is 11.5 Å². The third kappa shape index (κ3) is 5.47. The quantitative estimate of drug-likeness (QED) is 0.474. The van der Waals surface area contributed by atoms with Gasteiger partial charge in [0.1, 0.15) is 11.6 Å². The first-order valence-electron chi connectivity index (χ1n) is 10.8. The van der Waals surface area contributed by atoms with E-state index in [1.165, 1.54) is 56.3 Å². The fraction of sp³-hybridized carbons (Fsp3) is 0.348. The molecule has 0 saturated carbocycles. The maximum atomic E-state index is 14.6. The fourth-order valence-corrected chi connectivity index (χ4v) is 3.68. The average Bonchev–Trinajstić information content (AvgIpc) is 3.46. The smallest absolute Gasteiger partial charge is 0.315 e. The minimum atomic E-state index is -0.663. The van der Waals surface area contributed by atoms with Gasteiger partial charge in [-0.1, -0.05) is 17.2 Å². The largest absolute Gasteiger partial charge is 0.403 e. The molecule has 0 aliphatic carbocycles. The summed E-state index contributed by atoms with van der Waals surface area (Å²) >= 11 is 0. The van der Waals surface area contributed by atoms with Crippen LogP contribution >= 0.6 is 0 Å². The van der Waals surface area contributed by atoms with Crippen LogP contribution < -0.4 is 10.6 Å². The van der Waals surface area contributed by atoms with Gasteiger partial charge in [-0.2, -0.15) is 0 Å². The van der Waals surface area contributed by atoms with Gasteiger partial charge >= 0.3 is 6.01 Å². The van der Waals surface area contributed by atoms with Gasteiger partial charge in [-0.3, -0.25) is 4.79 Å². The zero-order valence-electron chi connectivity index (χ0n) is 17.6. The van der Waals surface area contributed by atoms with E-state index in [9.17, 15) is 13.6 Å². The number of hydrogen-bond donors (Lipinski definition) is 2. The Bertz CT molecular complexity index is 1070. The van der Waals surface area contributed by atoms with Gasteiger partial charge in [0, 0.05) is 12.2 Å². The van der Waals surface area contributed by atoms with Crippen LogP contribution in [-0.4, -0.2) is 47.2 Å². The Balaban J connectivity index is 1.30. The number of unbranched alkanes of at least 4 members (excludes halogenated alkanes) is 1. The SMILES string of the molecule is O=C(Nc1ccc(-c2nnc(NCCCCN3CCCC3)o2)c(F)c1)c1ccccc1F. The number of nitrogens with zero attached hydrogens (tertiary/aromatic N) is 3. The molecule has 1 aliphatic heterocycles. The van der Waals surface area contributed by atoms with Crippen molar-refractivity contribution in [3.05, 3.63) is 59.7 Å². The molecule has 0 radical (unpaired) electrons. The van der Waals surface area contributed by atoms with Gasteiger partial charge in [-0.25, -0.2) is 8.78 Å². The summed E-state index contributed by atoms with van der Waals surface area (Å²) in [6.07, 6.45) is 4.64. The highest BCUT2D eigenvalue weighted by molar-refractivity contribution is 6.04. The van der Waals surface area contributed by atoms with Crippen LogP contribution in [0.3, 0.4) is 0 Å². The first-order valence-corrected chi connectivity index (χ1v) is 10.8. The van der Waals surface area contributed by atoms with E-state index in [1.54, 1.807) is 6.07 Å². The van der Waals surface area contributed by atoms with E-state index < -0.39 is 17.5 Å². The Morgan fingerprint density at radius 3 is 2.62 bits per heavy atom. The van der Waals surface area contributed by atoms with E-state index in [0.29, 0.717) is 6.54 Å². The molecule has 0 bridgehead atoms. The van der Waals surface area contributed by atoms with Crippen molar-refractivity contribution in [2.75, 3.05) is 36.8 Å². The lowest BCUT2D eigenvalue weighted by Gasteiger charge is -2.13. The van der Waals surface area contributed by atoms with E-state index in [-0.39, 0.29) is 28.7 Å². The molecule has 1 saturated heterocycles. The molecule has 1 aliphatic rings. The molecule has 7 nitrogen and oxygen atoms in total. The summed E-state index contributed by atoms with van der Waals surface area (Å²) in [4.78, 5) is 14.7. The highest BCUT2D eigenvalue weighted by Crippen LogP contribution is 2.26. The van der Waals surface area contributed by atoms with Crippen molar-refractivity contribution < 1.29 is 18.0 Å². The number of hydrogen-bond acceptors (Lipinski definition) is 6. The summed E-state index contributed by atoms with van der Waals surface area (Å²) in [7, 11) is 0. The predicted octanol–water partition coefficient (Wildman–Crippen LogP) is 4.56. The minimum Gasteiger partial charge on any atom is -0.403 e. The van der Waals surface area contributed by atoms with Gasteiger partial charge in [0.05, 0.1) is 11.1 Å². The number of rotatable bonds is 9. The molecule has 1 amide bonds. The Morgan fingerprint density at radius 2 is 1.84 bits per heavy atom. The lowest BCUT2D eigenvalue weighted by Crippen LogP contribution is -2.20. The molecule has 2 N–H and O–H groups in total. The molecule has 2 aromatic carbocycles. The summed E-state index contributed by atoms with van der Waals surface area (Å²) in [6.45, 7) is 4.18. The number of aromatic nitrogens is 2. The van der Waals surface area contributed by atoms with Crippen LogP contribution in [0.2, 0.25) is 0 Å². The Hall–Kier alpha value is -3.33. The first-order chi connectivity index (χ1) is 15.6. The zero-order valence-corrected chi connectivity index (χ0v) is 17.6. The van der Waals surface area contributed by atoms with E-state index in [0.717, 1.165) is 25.5 Å². The van der Waals surface area contributed by atoms with Gasteiger partial charge < -0.3 is 20.0 Å². The molecule has 2 heterocycles. The number of amides is 1. The van der Waals surface area contributed by atoms with E-state index in [4.69, 9.17) is 4.42 Å². The molecular formula is C23H25F2N5O2. The fourth-order valence-electron chi connectivity index (χ4n) is 3.68. The highest BCUT2D eigenvalue weighted by atomic mass is 19.1. The number of halogens is 2. The van der Waals surface area contributed by atoms with Crippen molar-refractivity contribution in [1.82, 2.24) is 15.1 Å². The second kappa shape index (κ2) is 10.3. The Morgan fingerprint density at radius 1 is 1.03 bits per heavy atom.